The minimum absolute atomic E-state index is 0.0905. The van der Waals surface area contributed by atoms with Gasteiger partial charge in [-0.25, -0.2) is 0 Å². The predicted octanol–water partition coefficient (Wildman–Crippen LogP) is 4.82. The van der Waals surface area contributed by atoms with Gasteiger partial charge in [0, 0.05) is 19.1 Å². The summed E-state index contributed by atoms with van der Waals surface area (Å²) in [7, 11) is 0. The average Bonchev–Trinajstić information content (AvgIpc) is 2.78. The first-order valence-electron chi connectivity index (χ1n) is 10.9. The molecule has 0 aliphatic carbocycles. The fourth-order valence-electron chi connectivity index (χ4n) is 4.51. The number of carbonyl (C=O) groups excluding carboxylic acids is 1. The van der Waals surface area contributed by atoms with E-state index < -0.39 is 0 Å². The van der Waals surface area contributed by atoms with Crippen LogP contribution in [0.2, 0.25) is 0 Å². The largest absolute Gasteiger partial charge is 0.351 e. The molecule has 4 rings (SSSR count). The summed E-state index contributed by atoms with van der Waals surface area (Å²) in [5.41, 5.74) is 3.90. The van der Waals surface area contributed by atoms with Crippen LogP contribution in [0, 0.1) is 5.92 Å². The lowest BCUT2D eigenvalue weighted by atomic mass is 9.80. The van der Waals surface area contributed by atoms with Crippen molar-refractivity contribution in [3.05, 3.63) is 108 Å². The predicted molar refractivity (Wildman–Crippen MR) is 122 cm³/mol. The number of hydrogen-bond acceptors (Lipinski definition) is 2. The van der Waals surface area contributed by atoms with E-state index in [1.807, 2.05) is 0 Å². The van der Waals surface area contributed by atoms with Crippen molar-refractivity contribution in [1.29, 1.82) is 0 Å². The van der Waals surface area contributed by atoms with Crippen molar-refractivity contribution in [2.45, 2.75) is 44.9 Å². The van der Waals surface area contributed by atoms with Gasteiger partial charge < -0.3 is 5.32 Å². The Labute approximate surface area is 179 Å². The Balaban J connectivity index is 1.66. The summed E-state index contributed by atoms with van der Waals surface area (Å²) in [6, 6.07) is 32.3. The summed E-state index contributed by atoms with van der Waals surface area (Å²) in [6.07, 6.45) is 1.80. The monoisotopic (exact) mass is 398 g/mol. The maximum absolute atomic E-state index is 12.2. The lowest BCUT2D eigenvalue weighted by Gasteiger charge is -2.46. The first-order chi connectivity index (χ1) is 14.7. The van der Waals surface area contributed by atoms with Crippen molar-refractivity contribution in [2.75, 3.05) is 0 Å². The summed E-state index contributed by atoms with van der Waals surface area (Å²) < 4.78 is 0. The maximum Gasteiger partial charge on any atom is 0.225 e. The zero-order valence-electron chi connectivity index (χ0n) is 17.6. The molecule has 1 heterocycles. The third-order valence-corrected chi connectivity index (χ3v) is 6.15. The molecule has 0 saturated carbocycles. The fourth-order valence-corrected chi connectivity index (χ4v) is 4.51. The standard InChI is InChI=1S/C27H30N2O/c1-2-24-26(28-27(24)30)25(18-21-12-6-3-7-13-21)29(19-22-14-8-4-9-15-22)20-23-16-10-5-11-17-23/h3-17,24-26H,2,18-20H2,1H3,(H,28,30). The number of carbonyl (C=O) groups is 1. The quantitative estimate of drug-likeness (QED) is 0.524. The molecule has 0 spiro atoms. The van der Waals surface area contributed by atoms with Gasteiger partial charge in [-0.3, -0.25) is 9.69 Å². The molecule has 1 aliphatic heterocycles. The zero-order chi connectivity index (χ0) is 20.8. The SMILES string of the molecule is CCC1C(=O)NC1C(Cc1ccccc1)N(Cc1ccccc1)Cc1ccccc1. The van der Waals surface area contributed by atoms with Crippen molar-refractivity contribution < 1.29 is 4.79 Å². The first kappa shape index (κ1) is 20.4. The van der Waals surface area contributed by atoms with Crippen LogP contribution in [0.15, 0.2) is 91.0 Å². The molecule has 3 aromatic rings. The van der Waals surface area contributed by atoms with Crippen molar-refractivity contribution in [1.82, 2.24) is 10.2 Å². The van der Waals surface area contributed by atoms with E-state index in [4.69, 9.17) is 0 Å². The second-order valence-electron chi connectivity index (χ2n) is 8.18. The van der Waals surface area contributed by atoms with Crippen LogP contribution in [0.4, 0.5) is 0 Å². The van der Waals surface area contributed by atoms with E-state index in [1.165, 1.54) is 16.7 Å². The molecule has 154 valence electrons. The Bertz CT molecular complexity index is 885. The highest BCUT2D eigenvalue weighted by molar-refractivity contribution is 5.86. The van der Waals surface area contributed by atoms with Crippen molar-refractivity contribution in [3.8, 4) is 0 Å². The summed E-state index contributed by atoms with van der Waals surface area (Å²) in [6.45, 7) is 3.83. The van der Waals surface area contributed by atoms with Gasteiger partial charge in [0.1, 0.15) is 0 Å². The van der Waals surface area contributed by atoms with Gasteiger partial charge in [-0.05, 0) is 29.5 Å². The molecule has 1 saturated heterocycles. The Morgan fingerprint density at radius 3 is 1.67 bits per heavy atom. The molecule has 3 nitrogen and oxygen atoms in total. The number of nitrogens with zero attached hydrogens (tertiary/aromatic N) is 1. The van der Waals surface area contributed by atoms with Crippen LogP contribution in [0.3, 0.4) is 0 Å². The van der Waals surface area contributed by atoms with Crippen LogP contribution < -0.4 is 5.32 Å². The van der Waals surface area contributed by atoms with Crippen LogP contribution in [-0.2, 0) is 24.3 Å². The van der Waals surface area contributed by atoms with E-state index >= 15 is 0 Å². The molecular formula is C27H30N2O. The van der Waals surface area contributed by atoms with Crippen LogP contribution in [0.5, 0.6) is 0 Å². The minimum atomic E-state index is 0.0905. The second-order valence-corrected chi connectivity index (χ2v) is 8.18. The van der Waals surface area contributed by atoms with Crippen LogP contribution >= 0.6 is 0 Å². The summed E-state index contributed by atoms with van der Waals surface area (Å²) >= 11 is 0. The highest BCUT2D eigenvalue weighted by Gasteiger charge is 2.44. The van der Waals surface area contributed by atoms with E-state index in [0.29, 0.717) is 0 Å². The van der Waals surface area contributed by atoms with Gasteiger partial charge in [-0.1, -0.05) is 97.9 Å². The van der Waals surface area contributed by atoms with Crippen molar-refractivity contribution in [3.63, 3.8) is 0 Å². The normalized spacial score (nSPS) is 19.2. The third-order valence-electron chi connectivity index (χ3n) is 6.15. The number of amides is 1. The topological polar surface area (TPSA) is 32.3 Å². The van der Waals surface area contributed by atoms with E-state index in [-0.39, 0.29) is 23.9 Å². The first-order valence-corrected chi connectivity index (χ1v) is 10.9. The molecule has 0 bridgehead atoms. The number of nitrogens with one attached hydrogen (secondary N) is 1. The van der Waals surface area contributed by atoms with E-state index in [0.717, 1.165) is 25.9 Å². The lowest BCUT2D eigenvalue weighted by molar-refractivity contribution is -0.138. The molecule has 3 aromatic carbocycles. The van der Waals surface area contributed by atoms with Crippen molar-refractivity contribution >= 4 is 5.91 Å². The van der Waals surface area contributed by atoms with Gasteiger partial charge in [0.15, 0.2) is 0 Å². The zero-order valence-corrected chi connectivity index (χ0v) is 17.6. The number of rotatable bonds is 9. The van der Waals surface area contributed by atoms with Gasteiger partial charge in [0.25, 0.3) is 0 Å². The molecule has 1 N–H and O–H groups in total. The van der Waals surface area contributed by atoms with Gasteiger partial charge in [0.2, 0.25) is 5.91 Å². The van der Waals surface area contributed by atoms with E-state index in [9.17, 15) is 4.79 Å². The fraction of sp³-hybridized carbons (Fsp3) is 0.296. The maximum atomic E-state index is 12.2. The molecule has 3 heteroatoms. The Kier molecular flexibility index (Phi) is 6.60. The molecule has 30 heavy (non-hydrogen) atoms. The molecular weight excluding hydrogens is 368 g/mol. The van der Waals surface area contributed by atoms with Gasteiger partial charge in [0.05, 0.1) is 12.0 Å². The Morgan fingerprint density at radius 1 is 0.767 bits per heavy atom. The molecule has 1 fully saturated rings. The minimum Gasteiger partial charge on any atom is -0.351 e. The molecule has 1 amide bonds. The molecule has 1 aliphatic rings. The Hall–Kier alpha value is -2.91. The summed E-state index contributed by atoms with van der Waals surface area (Å²) in [4.78, 5) is 14.8. The summed E-state index contributed by atoms with van der Waals surface area (Å²) in [5, 5.41) is 3.24. The number of benzene rings is 3. The smallest absolute Gasteiger partial charge is 0.225 e. The highest BCUT2D eigenvalue weighted by Crippen LogP contribution is 2.29. The van der Waals surface area contributed by atoms with Gasteiger partial charge >= 0.3 is 0 Å². The molecule has 3 unspecified atom stereocenters. The molecule has 3 atom stereocenters. The summed E-state index contributed by atoms with van der Waals surface area (Å²) in [5.74, 6) is 0.285. The van der Waals surface area contributed by atoms with Crippen molar-refractivity contribution in [2.24, 2.45) is 5.92 Å². The highest BCUT2D eigenvalue weighted by atomic mass is 16.2. The van der Waals surface area contributed by atoms with Crippen LogP contribution in [-0.4, -0.2) is 22.9 Å². The molecule has 0 radical (unpaired) electrons. The van der Waals surface area contributed by atoms with E-state index in [2.05, 4.69) is 108 Å². The average molecular weight is 399 g/mol. The van der Waals surface area contributed by atoms with E-state index in [1.54, 1.807) is 0 Å². The van der Waals surface area contributed by atoms with Gasteiger partial charge in [-0.2, -0.15) is 0 Å². The van der Waals surface area contributed by atoms with Crippen LogP contribution in [0.25, 0.3) is 0 Å². The third kappa shape index (κ3) is 4.80. The Morgan fingerprint density at radius 2 is 1.23 bits per heavy atom. The number of β-lactam (4-membered cyclic amide) rings is 1. The second kappa shape index (κ2) is 9.73. The van der Waals surface area contributed by atoms with Gasteiger partial charge in [-0.15, -0.1) is 0 Å². The lowest BCUT2D eigenvalue weighted by Crippen LogP contribution is -2.66. The van der Waals surface area contributed by atoms with Crippen LogP contribution in [0.1, 0.15) is 30.0 Å². The number of hydrogen-bond donors (Lipinski definition) is 1. The molecule has 0 aromatic heterocycles.